The van der Waals surface area contributed by atoms with Gasteiger partial charge in [0.15, 0.2) is 5.82 Å². The summed E-state index contributed by atoms with van der Waals surface area (Å²) in [6.45, 7) is 4.42. The average Bonchev–Trinajstić information content (AvgIpc) is 2.49. The van der Waals surface area contributed by atoms with Crippen LogP contribution in [0.25, 0.3) is 0 Å². The largest absolute Gasteiger partial charge is 0.264 e. The van der Waals surface area contributed by atoms with Crippen molar-refractivity contribution >= 4 is 23.6 Å². The average molecular weight is 300 g/mol. The third kappa shape index (κ3) is 3.56. The normalized spacial score (nSPS) is 10.6. The highest BCUT2D eigenvalue weighted by atomic mass is 35.5. The minimum atomic E-state index is 0.197. The summed E-state index contributed by atoms with van der Waals surface area (Å²) < 4.78 is 0. The summed E-state index contributed by atoms with van der Waals surface area (Å²) in [7, 11) is 0. The molecule has 6 heteroatoms. The number of hydrogen-bond donors (Lipinski definition) is 0. The van der Waals surface area contributed by atoms with Crippen LogP contribution in [0.5, 0.6) is 0 Å². The number of hydrogen-bond acceptors (Lipinski definition) is 5. The molecule has 2 aromatic heterocycles. The molecule has 0 radical (unpaired) electrons. The molecule has 0 aliphatic heterocycles. The number of aromatic nitrogens is 2. The molecule has 2 rings (SSSR count). The van der Waals surface area contributed by atoms with Gasteiger partial charge in [-0.3, -0.25) is 4.98 Å². The van der Waals surface area contributed by atoms with Crippen LogP contribution in [0.1, 0.15) is 23.6 Å². The van der Waals surface area contributed by atoms with Crippen LogP contribution in [0.3, 0.4) is 0 Å². The molecule has 0 aromatic carbocycles. The maximum absolute atomic E-state index is 9.01. The van der Waals surface area contributed by atoms with E-state index in [1.54, 1.807) is 29.7 Å². The second-order valence-electron chi connectivity index (χ2n) is 4.32. The van der Waals surface area contributed by atoms with Crippen LogP contribution in [0, 0.1) is 18.3 Å². The molecule has 21 heavy (non-hydrogen) atoms. The molecule has 0 fully saturated rings. The van der Waals surface area contributed by atoms with E-state index in [1.807, 2.05) is 32.0 Å². The second kappa shape index (κ2) is 6.82. The summed E-state index contributed by atoms with van der Waals surface area (Å²) in [6.07, 6.45) is 5.14. The molecule has 2 heterocycles. The number of nitrogens with zero attached hydrogens (tertiary/aromatic N) is 5. The summed E-state index contributed by atoms with van der Waals surface area (Å²) in [5.41, 5.74) is 2.07. The lowest BCUT2D eigenvalue weighted by molar-refractivity contribution is 0.871. The zero-order valence-corrected chi connectivity index (χ0v) is 12.5. The number of nitriles is 1. The van der Waals surface area contributed by atoms with Crippen molar-refractivity contribution in [3.63, 3.8) is 0 Å². The third-order valence-electron chi connectivity index (χ3n) is 2.87. The summed E-state index contributed by atoms with van der Waals surface area (Å²) in [4.78, 5) is 8.26. The molecule has 106 valence electrons. The van der Waals surface area contributed by atoms with Gasteiger partial charge in [-0.15, -0.1) is 0 Å². The standard InChI is InChI=1S/C15H14ClN5/c1-3-21(19-10-12-5-4-6-18-9-12)14-7-11(2)13(8-17)15(16)20-14/h4-7,9-10H,3H2,1-2H3/b19-10-. The van der Waals surface area contributed by atoms with Gasteiger partial charge in [0.1, 0.15) is 11.2 Å². The van der Waals surface area contributed by atoms with Gasteiger partial charge in [-0.2, -0.15) is 10.4 Å². The summed E-state index contributed by atoms with van der Waals surface area (Å²) in [5.74, 6) is 0.610. The first kappa shape index (κ1) is 14.9. The van der Waals surface area contributed by atoms with E-state index in [0.717, 1.165) is 11.1 Å². The van der Waals surface area contributed by atoms with Crippen molar-refractivity contribution in [2.45, 2.75) is 13.8 Å². The molecule has 0 saturated carbocycles. The first-order chi connectivity index (χ1) is 10.2. The quantitative estimate of drug-likeness (QED) is 0.494. The van der Waals surface area contributed by atoms with E-state index in [2.05, 4.69) is 15.1 Å². The molecule has 5 nitrogen and oxygen atoms in total. The Bertz CT molecular complexity index is 668. The fraction of sp³-hybridized carbons (Fsp3) is 0.200. The molecular formula is C15H14ClN5. The minimum absolute atomic E-state index is 0.197. The van der Waals surface area contributed by atoms with Crippen LogP contribution < -0.4 is 5.01 Å². The van der Waals surface area contributed by atoms with Crippen LogP contribution in [0.4, 0.5) is 5.82 Å². The van der Waals surface area contributed by atoms with Gasteiger partial charge in [-0.1, -0.05) is 17.7 Å². The van der Waals surface area contributed by atoms with Gasteiger partial charge in [0.2, 0.25) is 0 Å². The molecule has 0 aliphatic rings. The second-order valence-corrected chi connectivity index (χ2v) is 4.68. The van der Waals surface area contributed by atoms with Gasteiger partial charge in [-0.25, -0.2) is 9.99 Å². The number of halogens is 1. The highest BCUT2D eigenvalue weighted by Crippen LogP contribution is 2.22. The lowest BCUT2D eigenvalue weighted by atomic mass is 10.2. The van der Waals surface area contributed by atoms with Gasteiger partial charge in [0.05, 0.1) is 11.8 Å². The molecular weight excluding hydrogens is 286 g/mol. The molecule has 2 aromatic rings. The van der Waals surface area contributed by atoms with Crippen molar-refractivity contribution in [1.82, 2.24) is 9.97 Å². The van der Waals surface area contributed by atoms with Gasteiger partial charge >= 0.3 is 0 Å². The van der Waals surface area contributed by atoms with Crippen molar-refractivity contribution in [3.8, 4) is 6.07 Å². The van der Waals surface area contributed by atoms with Gasteiger partial charge in [0.25, 0.3) is 0 Å². The molecule has 0 saturated heterocycles. The molecule has 0 amide bonds. The molecule has 0 atom stereocenters. The molecule has 0 aliphatic carbocycles. The van der Waals surface area contributed by atoms with Crippen LogP contribution in [-0.4, -0.2) is 22.7 Å². The van der Waals surface area contributed by atoms with Crippen molar-refractivity contribution in [1.29, 1.82) is 5.26 Å². The maximum Gasteiger partial charge on any atom is 0.150 e. The first-order valence-corrected chi connectivity index (χ1v) is 6.82. The first-order valence-electron chi connectivity index (χ1n) is 6.44. The summed E-state index contributed by atoms with van der Waals surface area (Å²) in [5, 5.41) is 15.3. The van der Waals surface area contributed by atoms with Crippen LogP contribution in [-0.2, 0) is 0 Å². The predicted octanol–water partition coefficient (Wildman–Crippen LogP) is 3.17. The number of hydrazone groups is 1. The fourth-order valence-electron chi connectivity index (χ4n) is 1.78. The predicted molar refractivity (Wildman–Crippen MR) is 83.6 cm³/mol. The number of aryl methyl sites for hydroxylation is 1. The number of pyridine rings is 2. The Balaban J connectivity index is 2.30. The Labute approximate surface area is 128 Å². The molecule has 0 N–H and O–H groups in total. The van der Waals surface area contributed by atoms with Gasteiger partial charge in [0, 0.05) is 24.5 Å². The van der Waals surface area contributed by atoms with Crippen molar-refractivity contribution in [2.75, 3.05) is 11.6 Å². The Hall–Kier alpha value is -2.45. The summed E-state index contributed by atoms with van der Waals surface area (Å²) >= 11 is 6.03. The van der Waals surface area contributed by atoms with Crippen LogP contribution in [0.15, 0.2) is 35.7 Å². The lowest BCUT2D eigenvalue weighted by Crippen LogP contribution is -2.17. The Morgan fingerprint density at radius 1 is 1.52 bits per heavy atom. The van der Waals surface area contributed by atoms with Crippen molar-refractivity contribution < 1.29 is 0 Å². The minimum Gasteiger partial charge on any atom is -0.264 e. The highest BCUT2D eigenvalue weighted by Gasteiger charge is 2.11. The smallest absolute Gasteiger partial charge is 0.150 e. The lowest BCUT2D eigenvalue weighted by Gasteiger charge is -2.17. The van der Waals surface area contributed by atoms with Crippen LogP contribution >= 0.6 is 11.6 Å². The number of anilines is 1. The van der Waals surface area contributed by atoms with Crippen molar-refractivity contribution in [3.05, 3.63) is 52.4 Å². The third-order valence-corrected chi connectivity index (χ3v) is 3.14. The highest BCUT2D eigenvalue weighted by molar-refractivity contribution is 6.30. The zero-order chi connectivity index (χ0) is 15.2. The maximum atomic E-state index is 9.01. The van der Waals surface area contributed by atoms with E-state index in [-0.39, 0.29) is 5.15 Å². The fourth-order valence-corrected chi connectivity index (χ4v) is 2.05. The van der Waals surface area contributed by atoms with Crippen LogP contribution in [0.2, 0.25) is 5.15 Å². The zero-order valence-electron chi connectivity index (χ0n) is 11.8. The Morgan fingerprint density at radius 2 is 2.33 bits per heavy atom. The van der Waals surface area contributed by atoms with E-state index in [0.29, 0.717) is 17.9 Å². The van der Waals surface area contributed by atoms with Gasteiger partial charge in [-0.05, 0) is 31.5 Å². The van der Waals surface area contributed by atoms with E-state index >= 15 is 0 Å². The SMILES string of the molecule is CCN(/N=C\c1cccnc1)c1cc(C)c(C#N)c(Cl)n1. The monoisotopic (exact) mass is 299 g/mol. The number of rotatable bonds is 4. The topological polar surface area (TPSA) is 65.2 Å². The van der Waals surface area contributed by atoms with E-state index in [4.69, 9.17) is 16.9 Å². The van der Waals surface area contributed by atoms with E-state index < -0.39 is 0 Å². The van der Waals surface area contributed by atoms with Gasteiger partial charge < -0.3 is 0 Å². The Morgan fingerprint density at radius 3 is 2.90 bits per heavy atom. The van der Waals surface area contributed by atoms with Crippen molar-refractivity contribution in [2.24, 2.45) is 5.10 Å². The molecule has 0 unspecified atom stereocenters. The molecule has 0 bridgehead atoms. The van der Waals surface area contributed by atoms with E-state index in [9.17, 15) is 0 Å². The Kier molecular flexibility index (Phi) is 4.85. The summed E-state index contributed by atoms with van der Waals surface area (Å²) in [6, 6.07) is 7.60. The van der Waals surface area contributed by atoms with E-state index in [1.165, 1.54) is 0 Å². The molecule has 0 spiro atoms.